The highest BCUT2D eigenvalue weighted by molar-refractivity contribution is 5.65. The molecule has 0 radical (unpaired) electrons. The van der Waals surface area contributed by atoms with Gasteiger partial charge in [0.2, 0.25) is 0 Å². The number of ether oxygens (including phenoxy) is 1. The van der Waals surface area contributed by atoms with Crippen molar-refractivity contribution in [1.29, 1.82) is 0 Å². The molecule has 2 aromatic carbocycles. The van der Waals surface area contributed by atoms with Crippen LogP contribution in [0.5, 0.6) is 5.75 Å². The molecule has 0 saturated heterocycles. The predicted octanol–water partition coefficient (Wildman–Crippen LogP) is 2.99. The van der Waals surface area contributed by atoms with E-state index in [0.29, 0.717) is 17.7 Å². The van der Waals surface area contributed by atoms with E-state index in [1.807, 2.05) is 0 Å². The summed E-state index contributed by atoms with van der Waals surface area (Å²) >= 11 is 0. The van der Waals surface area contributed by atoms with Crippen LogP contribution in [0.2, 0.25) is 0 Å². The van der Waals surface area contributed by atoms with E-state index in [1.165, 1.54) is 0 Å². The van der Waals surface area contributed by atoms with Gasteiger partial charge in [0.1, 0.15) is 6.61 Å². The minimum absolute atomic E-state index is 0.152. The molecule has 0 aliphatic carbocycles. The third kappa shape index (κ3) is 3.56. The topological polar surface area (TPSA) is 139 Å². The second-order valence-electron chi connectivity index (χ2n) is 4.36. The Bertz CT molecular complexity index is 741. The zero-order valence-electron chi connectivity index (χ0n) is 11.4. The Hall–Kier alpha value is -3.56. The second-order valence-corrected chi connectivity index (χ2v) is 4.36. The van der Waals surface area contributed by atoms with Gasteiger partial charge < -0.3 is 4.74 Å². The maximum absolute atomic E-state index is 11.1. The number of benzene rings is 2. The van der Waals surface area contributed by atoms with Crippen molar-refractivity contribution in [2.75, 3.05) is 0 Å². The molecule has 10 heteroatoms. The first kappa shape index (κ1) is 15.8. The number of hydrogen-bond acceptors (Lipinski definition) is 7. The van der Waals surface area contributed by atoms with Gasteiger partial charge in [-0.2, -0.15) is 0 Å². The maximum Gasteiger partial charge on any atom is 0.325 e. The average molecular weight is 319 g/mol. The Balaban J connectivity index is 2.48. The zero-order valence-corrected chi connectivity index (χ0v) is 11.4. The lowest BCUT2D eigenvalue weighted by Gasteiger charge is -2.07. The van der Waals surface area contributed by atoms with E-state index < -0.39 is 37.6 Å². The van der Waals surface area contributed by atoms with Crippen LogP contribution in [-0.4, -0.2) is 14.8 Å². The van der Waals surface area contributed by atoms with Crippen LogP contribution >= 0.6 is 0 Å². The van der Waals surface area contributed by atoms with Crippen molar-refractivity contribution < 1.29 is 19.5 Å². The predicted molar refractivity (Wildman–Crippen MR) is 77.2 cm³/mol. The highest BCUT2D eigenvalue weighted by atomic mass is 16.6. The normalized spacial score (nSPS) is 10.1. The molecule has 0 saturated carbocycles. The Morgan fingerprint density at radius 2 is 1.35 bits per heavy atom. The van der Waals surface area contributed by atoms with Crippen molar-refractivity contribution in [3.05, 3.63) is 78.4 Å². The molecule has 0 aliphatic rings. The molecule has 0 amide bonds. The van der Waals surface area contributed by atoms with Crippen LogP contribution in [0.1, 0.15) is 5.56 Å². The summed E-state index contributed by atoms with van der Waals surface area (Å²) in [6, 6.07) is 9.77. The average Bonchev–Trinajstić information content (AvgIpc) is 2.52. The fourth-order valence-electron chi connectivity index (χ4n) is 1.84. The molecule has 0 aliphatic heterocycles. The molecule has 2 rings (SSSR count). The van der Waals surface area contributed by atoms with Gasteiger partial charge in [-0.15, -0.1) is 0 Å². The number of nitro groups is 3. The first-order valence-corrected chi connectivity index (χ1v) is 6.18. The van der Waals surface area contributed by atoms with Crippen molar-refractivity contribution >= 4 is 17.1 Å². The van der Waals surface area contributed by atoms with Gasteiger partial charge in [-0.05, 0) is 5.56 Å². The molecule has 0 unspecified atom stereocenters. The fourth-order valence-corrected chi connectivity index (χ4v) is 1.84. The molecule has 0 atom stereocenters. The van der Waals surface area contributed by atoms with Crippen molar-refractivity contribution in [3.63, 3.8) is 0 Å². The van der Waals surface area contributed by atoms with Gasteiger partial charge in [0.05, 0.1) is 26.9 Å². The van der Waals surface area contributed by atoms with Gasteiger partial charge in [-0.1, -0.05) is 30.3 Å². The van der Waals surface area contributed by atoms with Crippen molar-refractivity contribution in [3.8, 4) is 5.75 Å². The van der Waals surface area contributed by atoms with Crippen molar-refractivity contribution in [2.45, 2.75) is 6.61 Å². The molecule has 0 bridgehead atoms. The third-order valence-electron chi connectivity index (χ3n) is 2.86. The quantitative estimate of drug-likeness (QED) is 0.589. The van der Waals surface area contributed by atoms with Crippen LogP contribution in [0.3, 0.4) is 0 Å². The van der Waals surface area contributed by atoms with E-state index >= 15 is 0 Å². The van der Waals surface area contributed by atoms with E-state index in [9.17, 15) is 30.3 Å². The standard InChI is InChI=1S/C13H9N3O7/c17-14(18)10-6-11(15(19)20)13(12(7-10)16(21)22)23-8-9-4-2-1-3-5-9/h1-7H,8H2. The minimum Gasteiger partial charge on any atom is -0.477 e. The van der Waals surface area contributed by atoms with E-state index in [1.54, 1.807) is 30.3 Å². The second kappa shape index (κ2) is 6.47. The molecule has 2 aromatic rings. The summed E-state index contributed by atoms with van der Waals surface area (Å²) in [5, 5.41) is 32.9. The highest BCUT2D eigenvalue weighted by Crippen LogP contribution is 2.40. The Morgan fingerprint density at radius 3 is 1.78 bits per heavy atom. The first-order chi connectivity index (χ1) is 10.9. The van der Waals surface area contributed by atoms with Crippen molar-refractivity contribution in [1.82, 2.24) is 0 Å². The maximum atomic E-state index is 11.1. The van der Waals surface area contributed by atoms with Gasteiger partial charge in [0.25, 0.3) is 11.4 Å². The molecular weight excluding hydrogens is 310 g/mol. The van der Waals surface area contributed by atoms with Crippen LogP contribution < -0.4 is 4.74 Å². The smallest absolute Gasteiger partial charge is 0.325 e. The Labute approximate surface area is 128 Å². The molecule has 0 spiro atoms. The summed E-state index contributed by atoms with van der Waals surface area (Å²) < 4.78 is 5.21. The first-order valence-electron chi connectivity index (χ1n) is 6.18. The van der Waals surface area contributed by atoms with Gasteiger partial charge in [-0.25, -0.2) is 0 Å². The summed E-state index contributed by atoms with van der Waals surface area (Å²) in [5.74, 6) is -0.616. The van der Waals surface area contributed by atoms with Crippen LogP contribution in [0.25, 0.3) is 0 Å². The molecule has 0 fully saturated rings. The number of nitrogens with zero attached hydrogens (tertiary/aromatic N) is 3. The van der Waals surface area contributed by atoms with Gasteiger partial charge in [0, 0.05) is 0 Å². The molecule has 23 heavy (non-hydrogen) atoms. The van der Waals surface area contributed by atoms with E-state index in [-0.39, 0.29) is 6.61 Å². The lowest BCUT2D eigenvalue weighted by Crippen LogP contribution is -2.04. The Kier molecular flexibility index (Phi) is 4.45. The fraction of sp³-hybridized carbons (Fsp3) is 0.0769. The van der Waals surface area contributed by atoms with E-state index in [2.05, 4.69) is 0 Å². The van der Waals surface area contributed by atoms with E-state index in [4.69, 9.17) is 4.74 Å². The highest BCUT2D eigenvalue weighted by Gasteiger charge is 2.32. The monoisotopic (exact) mass is 319 g/mol. The largest absolute Gasteiger partial charge is 0.477 e. The molecule has 0 heterocycles. The van der Waals surface area contributed by atoms with Crippen molar-refractivity contribution in [2.24, 2.45) is 0 Å². The molecule has 0 aromatic heterocycles. The summed E-state index contributed by atoms with van der Waals surface area (Å²) in [4.78, 5) is 30.0. The number of hydrogen-bond donors (Lipinski definition) is 0. The van der Waals surface area contributed by atoms with Crippen LogP contribution in [0.4, 0.5) is 17.1 Å². The van der Waals surface area contributed by atoms with Gasteiger partial charge in [0.15, 0.2) is 0 Å². The summed E-state index contributed by atoms with van der Waals surface area (Å²) in [6.45, 7) is -0.152. The van der Waals surface area contributed by atoms with Crippen LogP contribution in [0, 0.1) is 30.3 Å². The zero-order chi connectivity index (χ0) is 17.0. The SMILES string of the molecule is O=[N+]([O-])c1cc([N+](=O)[O-])c(OCc2ccccc2)c([N+](=O)[O-])c1. The number of non-ortho nitro benzene ring substituents is 1. The summed E-state index contributed by atoms with van der Waals surface area (Å²) in [5.41, 5.74) is -1.78. The minimum atomic E-state index is -0.958. The van der Waals surface area contributed by atoms with Crippen LogP contribution in [0.15, 0.2) is 42.5 Å². The van der Waals surface area contributed by atoms with Gasteiger partial charge >= 0.3 is 11.4 Å². The molecular formula is C13H9N3O7. The third-order valence-corrected chi connectivity index (χ3v) is 2.86. The van der Waals surface area contributed by atoms with Crippen LogP contribution in [-0.2, 0) is 6.61 Å². The van der Waals surface area contributed by atoms with Gasteiger partial charge in [-0.3, -0.25) is 30.3 Å². The lowest BCUT2D eigenvalue weighted by molar-refractivity contribution is -0.404. The number of rotatable bonds is 6. The summed E-state index contributed by atoms with van der Waals surface area (Å²) in [6.07, 6.45) is 0. The molecule has 0 N–H and O–H groups in total. The Morgan fingerprint density at radius 1 is 0.826 bits per heavy atom. The van der Waals surface area contributed by atoms with E-state index in [0.717, 1.165) is 0 Å². The summed E-state index contributed by atoms with van der Waals surface area (Å²) in [7, 11) is 0. The molecule has 10 nitrogen and oxygen atoms in total. The number of nitro benzene ring substituents is 3. The lowest BCUT2D eigenvalue weighted by atomic mass is 10.2. The molecule has 118 valence electrons.